The second kappa shape index (κ2) is 13.0. The predicted molar refractivity (Wildman–Crippen MR) is 204 cm³/mol. The van der Waals surface area contributed by atoms with Crippen molar-refractivity contribution in [3.8, 4) is 34.1 Å². The molecule has 238 valence electrons. The van der Waals surface area contributed by atoms with Gasteiger partial charge >= 0.3 is 6.96 Å². The first-order valence-corrected chi connectivity index (χ1v) is 17.3. The van der Waals surface area contributed by atoms with Gasteiger partial charge in [0.2, 0.25) is 0 Å². The third-order valence-corrected chi connectivity index (χ3v) is 9.54. The number of hydrogen-bond donors (Lipinski definition) is 1. The first-order valence-electron chi connectivity index (χ1n) is 15.7. The Kier molecular flexibility index (Phi) is 8.19. The highest BCUT2D eigenvalue weighted by atomic mass is 79.9. The van der Waals surface area contributed by atoms with Crippen LogP contribution in [0.5, 0.6) is 23.0 Å². The van der Waals surface area contributed by atoms with Crippen molar-refractivity contribution in [3.63, 3.8) is 0 Å². The minimum atomic E-state index is -2.86. The molecule has 0 bridgehead atoms. The number of phenols is 1. The molecule has 1 spiro atoms. The summed E-state index contributed by atoms with van der Waals surface area (Å²) in [6.07, 6.45) is 3.94. The Morgan fingerprint density at radius 2 is 1.06 bits per heavy atom. The Labute approximate surface area is 300 Å². The molecule has 0 atom stereocenters. The average molecular weight is 770 g/mol. The summed E-state index contributed by atoms with van der Waals surface area (Å²) >= 11 is 7.63. The van der Waals surface area contributed by atoms with Crippen LogP contribution >= 0.6 is 31.9 Å². The van der Waals surface area contributed by atoms with E-state index in [1.54, 1.807) is 24.3 Å². The van der Waals surface area contributed by atoms with Gasteiger partial charge in [-0.1, -0.05) is 109 Å². The summed E-state index contributed by atoms with van der Waals surface area (Å²) in [6, 6.07) is 47.2. The first kappa shape index (κ1) is 31.0. The highest BCUT2D eigenvalue weighted by molar-refractivity contribution is 9.11. The molecule has 0 saturated carbocycles. The number of aromatic hydroxyl groups is 1. The number of para-hydroxylation sites is 2. The van der Waals surface area contributed by atoms with E-state index >= 15 is 0 Å². The van der Waals surface area contributed by atoms with Gasteiger partial charge in [-0.3, -0.25) is 0 Å². The van der Waals surface area contributed by atoms with Crippen LogP contribution < -0.4 is 14.0 Å². The normalized spacial score (nSPS) is 13.9. The van der Waals surface area contributed by atoms with Crippen LogP contribution in [0, 0.1) is 0 Å². The van der Waals surface area contributed by atoms with Crippen LogP contribution in [0.25, 0.3) is 38.7 Å². The van der Waals surface area contributed by atoms with Crippen molar-refractivity contribution in [1.29, 1.82) is 0 Å². The molecule has 0 saturated heterocycles. The molecule has 0 unspecified atom stereocenters. The van der Waals surface area contributed by atoms with Crippen molar-refractivity contribution >= 4 is 72.2 Å². The number of hydrogen-bond acceptors (Lipinski definition) is 4. The molecule has 2 aliphatic heterocycles. The lowest BCUT2D eigenvalue weighted by Crippen LogP contribution is -2.56. The fourth-order valence-electron chi connectivity index (χ4n) is 6.19. The van der Waals surface area contributed by atoms with Gasteiger partial charge in [-0.25, -0.2) is 0 Å². The third kappa shape index (κ3) is 5.98. The maximum Gasteiger partial charge on any atom is 1.04 e. The van der Waals surface area contributed by atoms with Crippen molar-refractivity contribution in [3.05, 3.63) is 172 Å². The van der Waals surface area contributed by atoms with Gasteiger partial charge in [-0.2, -0.15) is 0 Å². The van der Waals surface area contributed by atoms with Gasteiger partial charge < -0.3 is 23.4 Å². The number of halogens is 2. The number of phenolic OH excluding ortho intramolecular Hbond substituents is 1. The number of allylic oxidation sites excluding steroid dienone is 1. The van der Waals surface area contributed by atoms with Crippen LogP contribution in [-0.2, 0) is 0 Å². The minimum Gasteiger partial charge on any atom is -0.551 e. The van der Waals surface area contributed by atoms with Crippen LogP contribution in [0.15, 0.2) is 161 Å². The van der Waals surface area contributed by atoms with Crippen LogP contribution in [-0.4, -0.2) is 17.8 Å². The lowest BCUT2D eigenvalue weighted by Gasteiger charge is -2.31. The molecule has 8 heteroatoms. The van der Waals surface area contributed by atoms with E-state index in [0.717, 1.165) is 52.7 Å². The summed E-state index contributed by atoms with van der Waals surface area (Å²) in [5.41, 5.74) is 3.66. The fraction of sp³-hybridized carbons (Fsp3) is 0. The second-order valence-corrected chi connectivity index (χ2v) is 13.3. The highest BCUT2D eigenvalue weighted by Gasteiger charge is 2.62. The summed E-state index contributed by atoms with van der Waals surface area (Å²) in [5, 5.41) is 12.8. The second-order valence-electron chi connectivity index (χ2n) is 11.6. The molecular formula is C41H27BBr2O5. The van der Waals surface area contributed by atoms with Gasteiger partial charge in [0.05, 0.1) is 14.7 Å². The maximum absolute atomic E-state index is 8.63. The summed E-state index contributed by atoms with van der Waals surface area (Å²) in [4.78, 5) is 0. The number of benzene rings is 7. The van der Waals surface area contributed by atoms with Crippen molar-refractivity contribution in [2.45, 2.75) is 0 Å². The lowest BCUT2D eigenvalue weighted by molar-refractivity contribution is -0.198. The summed E-state index contributed by atoms with van der Waals surface area (Å²) < 4.78 is 28.4. The predicted octanol–water partition coefficient (Wildman–Crippen LogP) is 11.3. The number of fused-ring (bicyclic) bond motifs is 8. The minimum absolute atomic E-state index is 0.322. The van der Waals surface area contributed by atoms with Crippen LogP contribution in [0.3, 0.4) is 0 Å². The van der Waals surface area contributed by atoms with E-state index in [1.165, 1.54) is 0 Å². The Hall–Kier alpha value is -5.31. The zero-order chi connectivity index (χ0) is 33.4. The van der Waals surface area contributed by atoms with Crippen molar-refractivity contribution < 1.29 is 23.4 Å². The summed E-state index contributed by atoms with van der Waals surface area (Å²) in [5.74, 6) is 2.68. The molecule has 2 aliphatic rings. The molecular weight excluding hydrogens is 743 g/mol. The maximum atomic E-state index is 8.63. The zero-order valence-electron chi connectivity index (χ0n) is 25.9. The Balaban J connectivity index is 0.000000446. The Bertz CT molecular complexity index is 2320. The van der Waals surface area contributed by atoms with Crippen molar-refractivity contribution in [2.75, 3.05) is 0 Å². The molecule has 7 aromatic rings. The standard InChI is InChI=1S/C35H21BBr2O4.C6H6O/c37-28-20-23-12-4-6-14-25(23)32-33-26-15-7-5-13-24(26)21-29(38)35(33)42-36(41-34(28)32)39-30-17-9-8-16-27(30)31(40-36)19-18-22-10-2-1-3-11-22;7-6-4-2-1-3-5-6/h1-21H;1-5,7H/b19-18+;. The highest BCUT2D eigenvalue weighted by Crippen LogP contribution is 2.54. The molecule has 0 amide bonds. The SMILES string of the molecule is Brc1cc2ccccc2c2c1O[B-]1(Oc3ccccc3C(/C=C/c3ccccc3)=[O+]1)Oc1c(Br)cc3ccccc3c1-2.Oc1ccccc1. The fourth-order valence-corrected chi connectivity index (χ4v) is 7.27. The van der Waals surface area contributed by atoms with E-state index < -0.39 is 6.96 Å². The topological polar surface area (TPSA) is 59.2 Å². The van der Waals surface area contributed by atoms with E-state index in [0.29, 0.717) is 28.8 Å². The molecule has 9 rings (SSSR count). The Morgan fingerprint density at radius 1 is 0.551 bits per heavy atom. The van der Waals surface area contributed by atoms with Gasteiger partial charge in [0, 0.05) is 17.2 Å². The monoisotopic (exact) mass is 768 g/mol. The van der Waals surface area contributed by atoms with E-state index in [-0.39, 0.29) is 0 Å². The first-order chi connectivity index (χ1) is 24.0. The van der Waals surface area contributed by atoms with Gasteiger partial charge in [0.1, 0.15) is 22.8 Å². The molecule has 2 heterocycles. The molecule has 0 aromatic heterocycles. The lowest BCUT2D eigenvalue weighted by atomic mass is 9.92. The molecule has 49 heavy (non-hydrogen) atoms. The van der Waals surface area contributed by atoms with Crippen molar-refractivity contribution in [1.82, 2.24) is 0 Å². The number of ketones is 1. The van der Waals surface area contributed by atoms with Crippen LogP contribution in [0.2, 0.25) is 0 Å². The van der Waals surface area contributed by atoms with E-state index in [2.05, 4.69) is 68.3 Å². The quantitative estimate of drug-likeness (QED) is 0.108. The molecule has 7 aromatic carbocycles. The van der Waals surface area contributed by atoms with Gasteiger partial charge in [0.25, 0.3) is 5.78 Å². The summed E-state index contributed by atoms with van der Waals surface area (Å²) in [7, 11) is 0. The summed E-state index contributed by atoms with van der Waals surface area (Å²) in [6.45, 7) is -2.86. The smallest absolute Gasteiger partial charge is 0.551 e. The molecule has 0 aliphatic carbocycles. The zero-order valence-corrected chi connectivity index (χ0v) is 29.1. The molecule has 5 nitrogen and oxygen atoms in total. The Morgan fingerprint density at radius 3 is 1.63 bits per heavy atom. The molecule has 0 fully saturated rings. The van der Waals surface area contributed by atoms with Crippen LogP contribution in [0.4, 0.5) is 0 Å². The van der Waals surface area contributed by atoms with E-state index in [1.807, 2.05) is 97.1 Å². The van der Waals surface area contributed by atoms with Crippen LogP contribution in [0.1, 0.15) is 15.5 Å². The van der Waals surface area contributed by atoms with Gasteiger partial charge in [-0.05, 0) is 101 Å². The molecule has 1 N–H and O–H groups in total. The van der Waals surface area contributed by atoms with E-state index in [9.17, 15) is 0 Å². The van der Waals surface area contributed by atoms with Crippen molar-refractivity contribution in [2.24, 2.45) is 0 Å². The number of carbonyl (C=O) groups excluding carboxylic acids is 1. The van der Waals surface area contributed by atoms with Gasteiger partial charge in [-0.15, -0.1) is 0 Å². The third-order valence-electron chi connectivity index (χ3n) is 8.37. The van der Waals surface area contributed by atoms with Gasteiger partial charge in [0.15, 0.2) is 0 Å². The largest absolute Gasteiger partial charge is 1.04 e. The van der Waals surface area contributed by atoms with E-state index in [4.69, 9.17) is 23.4 Å². The average Bonchev–Trinajstić information content (AvgIpc) is 3.27. The molecule has 0 radical (unpaired) electrons. The number of rotatable bonds is 2.